The molecule has 23 heavy (non-hydrogen) atoms. The van der Waals surface area contributed by atoms with Crippen molar-refractivity contribution < 1.29 is 52.3 Å². The topological polar surface area (TPSA) is 130 Å². The normalized spacial score (nSPS) is 11.3. The first-order chi connectivity index (χ1) is 10.3. The molecule has 3 rings (SSSR count). The molecule has 2 N–H and O–H groups in total. The number of hydrogen-bond donors (Lipinski definition) is 1. The number of carbonyl (C=O) groups is 1. The molecule has 0 aliphatic carbocycles. The molecule has 0 atom stereocenters. The Hall–Kier alpha value is -1.71. The third-order valence-electron chi connectivity index (χ3n) is 3.21. The Morgan fingerprint density at radius 2 is 1.74 bits per heavy atom. The van der Waals surface area contributed by atoms with E-state index in [1.54, 1.807) is 0 Å². The summed E-state index contributed by atoms with van der Waals surface area (Å²) in [5.41, 5.74) is -0.445. The molecule has 0 bridgehead atoms. The first-order valence-corrected chi connectivity index (χ1v) is 7.57. The molecule has 0 unspecified atom stereocenters. The average Bonchev–Trinajstić information content (AvgIpc) is 2.45. The van der Waals surface area contributed by atoms with Crippen molar-refractivity contribution in [1.82, 2.24) is 0 Å². The molecule has 7 nitrogen and oxygen atoms in total. The number of primary sulfonamides is 1. The van der Waals surface area contributed by atoms with E-state index in [2.05, 4.69) is 0 Å². The summed E-state index contributed by atoms with van der Waals surface area (Å²) < 4.78 is 28.1. The van der Waals surface area contributed by atoms with Gasteiger partial charge < -0.3 is 14.3 Å². The van der Waals surface area contributed by atoms with Gasteiger partial charge in [-0.3, -0.25) is 4.79 Å². The van der Waals surface area contributed by atoms with Crippen LogP contribution >= 0.6 is 0 Å². The maximum absolute atomic E-state index is 12.4. The molecule has 0 aliphatic heterocycles. The average molecular weight is 341 g/mol. The number of carboxylic acid groups (broad SMARTS) is 1. The SMILES string of the molecule is NS(=O)(=O)c1ccc2c(=O)c3cc(C(=O)[O-])ccc3oc2c1.[Na+]. The molecule has 2 aromatic carbocycles. The second-order valence-corrected chi connectivity index (χ2v) is 6.19. The van der Waals surface area contributed by atoms with Crippen LogP contribution in [-0.4, -0.2) is 14.4 Å². The molecule has 9 heteroatoms. The van der Waals surface area contributed by atoms with Gasteiger partial charge >= 0.3 is 29.6 Å². The van der Waals surface area contributed by atoms with Crippen molar-refractivity contribution in [1.29, 1.82) is 0 Å². The van der Waals surface area contributed by atoms with Crippen molar-refractivity contribution in [3.63, 3.8) is 0 Å². The van der Waals surface area contributed by atoms with Gasteiger partial charge in [0.05, 0.1) is 21.6 Å². The van der Waals surface area contributed by atoms with Gasteiger partial charge in [-0.25, -0.2) is 13.6 Å². The predicted octanol–water partition coefficient (Wildman–Crippen LogP) is -3.04. The Kier molecular flexibility index (Phi) is 4.65. The van der Waals surface area contributed by atoms with Crippen molar-refractivity contribution in [2.24, 2.45) is 5.14 Å². The van der Waals surface area contributed by atoms with Crippen LogP contribution in [-0.2, 0) is 10.0 Å². The van der Waals surface area contributed by atoms with E-state index in [1.165, 1.54) is 24.3 Å². The van der Waals surface area contributed by atoms with Crippen LogP contribution in [0.15, 0.2) is 50.5 Å². The third kappa shape index (κ3) is 3.17. The first-order valence-electron chi connectivity index (χ1n) is 6.02. The third-order valence-corrected chi connectivity index (χ3v) is 4.12. The van der Waals surface area contributed by atoms with E-state index in [4.69, 9.17) is 9.56 Å². The number of sulfonamides is 1. The van der Waals surface area contributed by atoms with E-state index in [1.807, 2.05) is 0 Å². The van der Waals surface area contributed by atoms with Gasteiger partial charge in [-0.15, -0.1) is 0 Å². The number of hydrogen-bond acceptors (Lipinski definition) is 6. The Morgan fingerprint density at radius 3 is 2.35 bits per heavy atom. The maximum Gasteiger partial charge on any atom is 1.00 e. The molecule has 1 heterocycles. The monoisotopic (exact) mass is 341 g/mol. The van der Waals surface area contributed by atoms with Crippen molar-refractivity contribution in [3.05, 3.63) is 52.2 Å². The van der Waals surface area contributed by atoms with Gasteiger partial charge in [-0.2, -0.15) is 0 Å². The van der Waals surface area contributed by atoms with Crippen molar-refractivity contribution >= 4 is 37.9 Å². The number of fused-ring (bicyclic) bond motifs is 2. The molecule has 3 aromatic rings. The Balaban J connectivity index is 0.00000192. The number of nitrogens with two attached hydrogens (primary N) is 1. The summed E-state index contributed by atoms with van der Waals surface area (Å²) in [4.78, 5) is 23.0. The van der Waals surface area contributed by atoms with E-state index in [0.29, 0.717) is 0 Å². The van der Waals surface area contributed by atoms with E-state index in [-0.39, 0.29) is 62.0 Å². The maximum atomic E-state index is 12.4. The molecule has 0 amide bonds. The van der Waals surface area contributed by atoms with E-state index >= 15 is 0 Å². The number of rotatable bonds is 2. The fourth-order valence-corrected chi connectivity index (χ4v) is 2.67. The summed E-state index contributed by atoms with van der Waals surface area (Å²) in [5, 5.41) is 16.1. The van der Waals surface area contributed by atoms with E-state index < -0.39 is 21.4 Å². The molecular formula is C14H8NNaO6S. The van der Waals surface area contributed by atoms with Crippen molar-refractivity contribution in [2.45, 2.75) is 4.90 Å². The van der Waals surface area contributed by atoms with Gasteiger partial charge in [0, 0.05) is 6.07 Å². The van der Waals surface area contributed by atoms with Gasteiger partial charge in [0.2, 0.25) is 15.5 Å². The largest absolute Gasteiger partial charge is 1.00 e. The van der Waals surface area contributed by atoms with Crippen LogP contribution in [0.3, 0.4) is 0 Å². The summed E-state index contributed by atoms with van der Waals surface area (Å²) in [7, 11) is -3.93. The molecule has 0 spiro atoms. The van der Waals surface area contributed by atoms with Crippen LogP contribution < -0.4 is 45.2 Å². The molecule has 0 aliphatic rings. The van der Waals surface area contributed by atoms with Crippen molar-refractivity contribution in [3.8, 4) is 0 Å². The zero-order valence-electron chi connectivity index (χ0n) is 11.9. The summed E-state index contributed by atoms with van der Waals surface area (Å²) in [6.07, 6.45) is 0. The number of benzene rings is 2. The van der Waals surface area contributed by atoms with Crippen LogP contribution in [0.25, 0.3) is 21.9 Å². The van der Waals surface area contributed by atoms with Crippen LogP contribution in [0, 0.1) is 0 Å². The second kappa shape index (κ2) is 6.06. The smallest absolute Gasteiger partial charge is 0.545 e. The van der Waals surface area contributed by atoms with Crippen LogP contribution in [0.1, 0.15) is 10.4 Å². The van der Waals surface area contributed by atoms with Crippen LogP contribution in [0.4, 0.5) is 0 Å². The standard InChI is InChI=1S/C14H9NO6S.Na/c15-22(19,20)8-2-3-9-12(6-8)21-11-4-1-7(14(17)18)5-10(11)13(9)16;/h1-6H,(H,17,18)(H2,15,19,20);/q;+1/p-1. The summed E-state index contributed by atoms with van der Waals surface area (Å²) in [5.74, 6) is -1.41. The Bertz CT molecular complexity index is 1100. The molecular weight excluding hydrogens is 333 g/mol. The number of aromatic carboxylic acids is 1. The minimum Gasteiger partial charge on any atom is -0.545 e. The zero-order valence-corrected chi connectivity index (χ0v) is 14.7. The number of carboxylic acids is 1. The van der Waals surface area contributed by atoms with Gasteiger partial charge in [0.1, 0.15) is 11.2 Å². The quantitative estimate of drug-likeness (QED) is 0.389. The van der Waals surface area contributed by atoms with Gasteiger partial charge in [0.15, 0.2) is 0 Å². The summed E-state index contributed by atoms with van der Waals surface area (Å²) >= 11 is 0. The molecule has 0 saturated carbocycles. The summed E-state index contributed by atoms with van der Waals surface area (Å²) in [6.45, 7) is 0. The molecule has 0 radical (unpaired) electrons. The summed E-state index contributed by atoms with van der Waals surface area (Å²) in [6, 6.07) is 7.30. The van der Waals surface area contributed by atoms with Gasteiger partial charge in [-0.05, 0) is 35.9 Å². The first kappa shape index (κ1) is 17.6. The fourth-order valence-electron chi connectivity index (χ4n) is 2.14. The fraction of sp³-hybridized carbons (Fsp3) is 0. The Labute approximate surface area is 152 Å². The van der Waals surface area contributed by atoms with Crippen molar-refractivity contribution in [2.75, 3.05) is 0 Å². The van der Waals surface area contributed by atoms with Gasteiger partial charge in [-0.1, -0.05) is 0 Å². The minimum absolute atomic E-state index is 0. The molecule has 0 fully saturated rings. The molecule has 112 valence electrons. The van der Waals surface area contributed by atoms with E-state index in [0.717, 1.165) is 12.1 Å². The van der Waals surface area contributed by atoms with Crippen LogP contribution in [0.5, 0.6) is 0 Å². The zero-order chi connectivity index (χ0) is 16.1. The van der Waals surface area contributed by atoms with Gasteiger partial charge in [0.25, 0.3) is 0 Å². The predicted molar refractivity (Wildman–Crippen MR) is 75.7 cm³/mol. The minimum atomic E-state index is -3.93. The Morgan fingerprint density at radius 1 is 1.04 bits per heavy atom. The second-order valence-electron chi connectivity index (χ2n) is 4.63. The van der Waals surface area contributed by atoms with Crippen LogP contribution in [0.2, 0.25) is 0 Å². The molecule has 0 saturated heterocycles. The molecule has 1 aromatic heterocycles. The van der Waals surface area contributed by atoms with E-state index in [9.17, 15) is 23.1 Å². The number of carbonyl (C=O) groups excluding carboxylic acids is 1.